The number of carbonyl (C=O) groups is 1. The molecule has 4 aromatic rings. The van der Waals surface area contributed by atoms with Gasteiger partial charge in [0.15, 0.2) is 5.78 Å². The first-order valence-electron chi connectivity index (χ1n) is 15.2. The van der Waals surface area contributed by atoms with Crippen LogP contribution in [0.2, 0.25) is 0 Å². The third-order valence-electron chi connectivity index (χ3n) is 8.12. The minimum absolute atomic E-state index is 0.138. The van der Waals surface area contributed by atoms with Gasteiger partial charge in [-0.3, -0.25) is 4.79 Å². The second-order valence-electron chi connectivity index (χ2n) is 11.2. The van der Waals surface area contributed by atoms with Crippen molar-refractivity contribution >= 4 is 28.8 Å². The summed E-state index contributed by atoms with van der Waals surface area (Å²) in [6.45, 7) is 8.31. The number of halogens is 2. The van der Waals surface area contributed by atoms with Crippen molar-refractivity contribution in [1.82, 2.24) is 9.97 Å². The number of hydrogen-bond donors (Lipinski definition) is 2. The van der Waals surface area contributed by atoms with E-state index in [1.807, 2.05) is 21.9 Å². The summed E-state index contributed by atoms with van der Waals surface area (Å²) < 4.78 is 40.9. The molecule has 6 rings (SSSR count). The van der Waals surface area contributed by atoms with E-state index in [0.29, 0.717) is 92.9 Å². The Kier molecular flexibility index (Phi) is 9.51. The predicted molar refractivity (Wildman–Crippen MR) is 173 cm³/mol. The van der Waals surface area contributed by atoms with Crippen LogP contribution in [0.25, 0.3) is 11.3 Å². The second-order valence-corrected chi connectivity index (χ2v) is 11.2. The summed E-state index contributed by atoms with van der Waals surface area (Å²) >= 11 is 0. The van der Waals surface area contributed by atoms with Crippen LogP contribution < -0.4 is 15.1 Å². The summed E-state index contributed by atoms with van der Waals surface area (Å²) in [6, 6.07) is 14.9. The smallest absolute Gasteiger partial charge is 0.227 e. The van der Waals surface area contributed by atoms with Gasteiger partial charge < -0.3 is 29.7 Å². The molecule has 46 heavy (non-hydrogen) atoms. The average molecular weight is 628 g/mol. The number of aromatic hydroxyl groups is 1. The fourth-order valence-electron chi connectivity index (χ4n) is 5.69. The van der Waals surface area contributed by atoms with Gasteiger partial charge in [0, 0.05) is 62.0 Å². The van der Waals surface area contributed by atoms with Gasteiger partial charge in [-0.2, -0.15) is 0 Å². The lowest BCUT2D eigenvalue weighted by Crippen LogP contribution is -2.36. The van der Waals surface area contributed by atoms with Crippen LogP contribution in [-0.4, -0.2) is 73.5 Å². The standard InChI is InChI=1S/C35H35F2N5O4/c1-2-28(43)20-25-19-24(4-6-29(25)36)34-26(17-23-3-7-31(30(37)18-23)41-9-13-45-14-10-41)22-38-35(40-34)39-27-5-8-33(44)32(21-27)42-11-15-46-16-12-42/h2-8,18-19,21-22,44H,1,9-17,20H2,(H,38,39,40). The lowest BCUT2D eigenvalue weighted by Gasteiger charge is -2.29. The zero-order valence-electron chi connectivity index (χ0n) is 25.3. The summed E-state index contributed by atoms with van der Waals surface area (Å²) in [5.74, 6) is -0.701. The Morgan fingerprint density at radius 1 is 0.891 bits per heavy atom. The van der Waals surface area contributed by atoms with Crippen molar-refractivity contribution in [1.29, 1.82) is 0 Å². The molecule has 2 aliphatic rings. The van der Waals surface area contributed by atoms with E-state index in [4.69, 9.17) is 14.5 Å². The molecule has 3 aromatic carbocycles. The van der Waals surface area contributed by atoms with Gasteiger partial charge in [0.25, 0.3) is 0 Å². The minimum Gasteiger partial charge on any atom is -0.506 e. The molecular weight excluding hydrogens is 592 g/mol. The third kappa shape index (κ3) is 7.16. The SMILES string of the molecule is C=CC(=O)Cc1cc(-c2nc(Nc3ccc(O)c(N4CCOCC4)c3)ncc2Cc2ccc(N3CCOCC3)c(F)c2)ccc1F. The first kappa shape index (κ1) is 31.1. The van der Waals surface area contributed by atoms with Crippen LogP contribution in [0.1, 0.15) is 16.7 Å². The van der Waals surface area contributed by atoms with E-state index >= 15 is 4.39 Å². The Bertz CT molecular complexity index is 1740. The number of ether oxygens (including phenoxy) is 2. The lowest BCUT2D eigenvalue weighted by molar-refractivity contribution is -0.114. The highest BCUT2D eigenvalue weighted by Gasteiger charge is 2.19. The molecule has 2 aliphatic heterocycles. The summed E-state index contributed by atoms with van der Waals surface area (Å²) in [4.78, 5) is 25.5. The maximum absolute atomic E-state index is 15.3. The normalized spacial score (nSPS) is 15.1. The van der Waals surface area contributed by atoms with Crippen LogP contribution in [0.15, 0.2) is 73.4 Å². The van der Waals surface area contributed by atoms with Gasteiger partial charge >= 0.3 is 0 Å². The molecule has 0 spiro atoms. The molecule has 11 heteroatoms. The Morgan fingerprint density at radius 3 is 2.30 bits per heavy atom. The monoisotopic (exact) mass is 627 g/mol. The van der Waals surface area contributed by atoms with Gasteiger partial charge in [-0.05, 0) is 65.7 Å². The molecule has 1 aromatic heterocycles. The summed E-state index contributed by atoms with van der Waals surface area (Å²) in [7, 11) is 0. The molecule has 2 N–H and O–H groups in total. The third-order valence-corrected chi connectivity index (χ3v) is 8.12. The molecule has 0 unspecified atom stereocenters. The molecule has 0 atom stereocenters. The molecule has 0 bridgehead atoms. The Hall–Kier alpha value is -4.87. The zero-order valence-corrected chi connectivity index (χ0v) is 25.3. The van der Waals surface area contributed by atoms with Crippen LogP contribution in [0, 0.1) is 11.6 Å². The number of rotatable bonds is 10. The largest absolute Gasteiger partial charge is 0.506 e. The highest BCUT2D eigenvalue weighted by molar-refractivity contribution is 5.91. The molecule has 3 heterocycles. The number of nitrogens with one attached hydrogen (secondary N) is 1. The first-order valence-corrected chi connectivity index (χ1v) is 15.2. The van der Waals surface area contributed by atoms with E-state index in [0.717, 1.165) is 5.56 Å². The van der Waals surface area contributed by atoms with Crippen LogP contribution in [0.3, 0.4) is 0 Å². The fraction of sp³-hybridized carbons (Fsp3) is 0.286. The van der Waals surface area contributed by atoms with Crippen molar-refractivity contribution in [2.24, 2.45) is 0 Å². The van der Waals surface area contributed by atoms with E-state index in [9.17, 15) is 14.3 Å². The number of ketones is 1. The molecule has 238 valence electrons. The highest BCUT2D eigenvalue weighted by Crippen LogP contribution is 2.33. The second kappa shape index (κ2) is 14.1. The number of morpholine rings is 2. The molecule has 9 nitrogen and oxygen atoms in total. The van der Waals surface area contributed by atoms with Crippen LogP contribution in [0.5, 0.6) is 5.75 Å². The van der Waals surface area contributed by atoms with Crippen LogP contribution in [0.4, 0.5) is 31.8 Å². The quantitative estimate of drug-likeness (QED) is 0.176. The van der Waals surface area contributed by atoms with E-state index < -0.39 is 5.82 Å². The van der Waals surface area contributed by atoms with Crippen LogP contribution in [-0.2, 0) is 27.1 Å². The average Bonchev–Trinajstić information content (AvgIpc) is 3.08. The minimum atomic E-state index is -0.506. The van der Waals surface area contributed by atoms with E-state index in [2.05, 4.69) is 16.9 Å². The van der Waals surface area contributed by atoms with Gasteiger partial charge in [-0.15, -0.1) is 0 Å². The van der Waals surface area contributed by atoms with Gasteiger partial charge in [0.05, 0.1) is 43.5 Å². The Labute approximate surface area is 266 Å². The van der Waals surface area contributed by atoms with E-state index in [1.165, 1.54) is 18.2 Å². The number of aromatic nitrogens is 2. The molecule has 0 radical (unpaired) electrons. The summed E-state index contributed by atoms with van der Waals surface area (Å²) in [5, 5.41) is 13.7. The molecule has 0 amide bonds. The van der Waals surface area contributed by atoms with Gasteiger partial charge in [-0.1, -0.05) is 12.6 Å². The molecule has 2 saturated heterocycles. The maximum atomic E-state index is 15.3. The fourth-order valence-corrected chi connectivity index (χ4v) is 5.69. The van der Waals surface area contributed by atoms with Crippen molar-refractivity contribution in [2.75, 3.05) is 67.7 Å². The van der Waals surface area contributed by atoms with Gasteiger partial charge in [-0.25, -0.2) is 18.7 Å². The van der Waals surface area contributed by atoms with Crippen molar-refractivity contribution in [2.45, 2.75) is 12.8 Å². The summed E-state index contributed by atoms with van der Waals surface area (Å²) in [6.07, 6.45) is 3.01. The van der Waals surface area contributed by atoms with Crippen molar-refractivity contribution in [3.8, 4) is 17.0 Å². The molecular formula is C35H35F2N5O4. The number of carbonyl (C=O) groups excluding carboxylic acids is 1. The predicted octanol–water partition coefficient (Wildman–Crippen LogP) is 5.43. The number of hydrogen-bond acceptors (Lipinski definition) is 9. The van der Waals surface area contributed by atoms with E-state index in [1.54, 1.807) is 36.5 Å². The summed E-state index contributed by atoms with van der Waals surface area (Å²) in [5.41, 5.74) is 4.58. The molecule has 0 saturated carbocycles. The lowest BCUT2D eigenvalue weighted by atomic mass is 9.97. The molecule has 0 aliphatic carbocycles. The van der Waals surface area contributed by atoms with Crippen molar-refractivity contribution < 1.29 is 28.2 Å². The Morgan fingerprint density at radius 2 is 1.61 bits per heavy atom. The number of allylic oxidation sites excluding steroid dienone is 1. The number of benzene rings is 3. The van der Waals surface area contributed by atoms with Crippen molar-refractivity contribution in [3.63, 3.8) is 0 Å². The topological polar surface area (TPSA) is 100 Å². The number of nitrogens with zero attached hydrogens (tertiary/aromatic N) is 4. The van der Waals surface area contributed by atoms with E-state index in [-0.39, 0.29) is 35.3 Å². The van der Waals surface area contributed by atoms with Gasteiger partial charge in [0.2, 0.25) is 5.95 Å². The Balaban J connectivity index is 1.34. The zero-order chi connectivity index (χ0) is 32.0. The van der Waals surface area contributed by atoms with Crippen LogP contribution >= 0.6 is 0 Å². The highest BCUT2D eigenvalue weighted by atomic mass is 19.1. The number of phenolic OH excluding ortho intramolecular Hbond substituents is 1. The molecule has 2 fully saturated rings. The maximum Gasteiger partial charge on any atom is 0.227 e. The number of anilines is 4. The first-order chi connectivity index (χ1) is 22.4. The van der Waals surface area contributed by atoms with Crippen molar-refractivity contribution in [3.05, 3.63) is 102 Å². The number of phenols is 1. The van der Waals surface area contributed by atoms with Gasteiger partial charge in [0.1, 0.15) is 17.4 Å².